The van der Waals surface area contributed by atoms with Crippen molar-refractivity contribution in [2.75, 3.05) is 31.6 Å². The molecule has 0 bridgehead atoms. The molecule has 1 fully saturated rings. The van der Waals surface area contributed by atoms with E-state index in [0.717, 1.165) is 5.56 Å². The minimum atomic E-state index is -0.520. The van der Waals surface area contributed by atoms with E-state index in [0.29, 0.717) is 18.8 Å². The van der Waals surface area contributed by atoms with Gasteiger partial charge >= 0.3 is 11.8 Å². The molecule has 6 heteroatoms. The molecule has 6 nitrogen and oxygen atoms in total. The summed E-state index contributed by atoms with van der Waals surface area (Å²) in [6.45, 7) is 0.861. The van der Waals surface area contributed by atoms with Crippen LogP contribution in [0.15, 0.2) is 24.3 Å². The molecule has 0 aromatic heterocycles. The van der Waals surface area contributed by atoms with Crippen molar-refractivity contribution in [2.45, 2.75) is 6.04 Å². The van der Waals surface area contributed by atoms with Crippen LogP contribution < -0.4 is 10.6 Å². The number of anilines is 1. The molecule has 1 unspecified atom stereocenters. The number of aliphatic hydroxyl groups is 1. The highest BCUT2D eigenvalue weighted by atomic mass is 16.3. The fourth-order valence-corrected chi connectivity index (χ4v) is 1.99. The first-order valence-electron chi connectivity index (χ1n) is 6.08. The van der Waals surface area contributed by atoms with Gasteiger partial charge in [0.05, 0.1) is 12.6 Å². The van der Waals surface area contributed by atoms with Crippen LogP contribution in [-0.4, -0.2) is 48.6 Å². The molecule has 1 aromatic carbocycles. The van der Waals surface area contributed by atoms with Crippen LogP contribution in [0.5, 0.6) is 0 Å². The minimum Gasteiger partial charge on any atom is -0.394 e. The summed E-state index contributed by atoms with van der Waals surface area (Å²) >= 11 is 0. The van der Waals surface area contributed by atoms with Crippen molar-refractivity contribution in [3.63, 3.8) is 0 Å². The number of carbonyl (C=O) groups is 2. The van der Waals surface area contributed by atoms with Crippen molar-refractivity contribution in [3.8, 4) is 0 Å². The smallest absolute Gasteiger partial charge is 0.316 e. The Kier molecular flexibility index (Phi) is 3.82. The third kappa shape index (κ3) is 2.59. The van der Waals surface area contributed by atoms with Gasteiger partial charge in [-0.25, -0.2) is 0 Å². The summed E-state index contributed by atoms with van der Waals surface area (Å²) in [7, 11) is 1.61. The third-order valence-corrected chi connectivity index (χ3v) is 3.26. The summed E-state index contributed by atoms with van der Waals surface area (Å²) < 4.78 is 0. The fourth-order valence-electron chi connectivity index (χ4n) is 1.99. The maximum absolute atomic E-state index is 11.9. The van der Waals surface area contributed by atoms with Crippen molar-refractivity contribution in [1.82, 2.24) is 4.90 Å². The number of rotatable bonds is 3. The molecule has 3 N–H and O–H groups in total. The van der Waals surface area contributed by atoms with E-state index in [4.69, 9.17) is 10.8 Å². The molecule has 1 aliphatic heterocycles. The maximum atomic E-state index is 11.9. The van der Waals surface area contributed by atoms with Crippen molar-refractivity contribution in [1.29, 1.82) is 0 Å². The zero-order valence-corrected chi connectivity index (χ0v) is 10.7. The van der Waals surface area contributed by atoms with E-state index in [1.807, 2.05) is 0 Å². The van der Waals surface area contributed by atoms with Gasteiger partial charge in [-0.3, -0.25) is 9.59 Å². The lowest BCUT2D eigenvalue weighted by molar-refractivity contribution is -0.145. The Morgan fingerprint density at radius 3 is 2.42 bits per heavy atom. The van der Waals surface area contributed by atoms with Crippen LogP contribution in [0.3, 0.4) is 0 Å². The molecule has 0 radical (unpaired) electrons. The van der Waals surface area contributed by atoms with Crippen LogP contribution in [0.25, 0.3) is 0 Å². The Labute approximate surface area is 111 Å². The summed E-state index contributed by atoms with van der Waals surface area (Å²) in [6, 6.07) is 6.56. The van der Waals surface area contributed by atoms with Crippen LogP contribution >= 0.6 is 0 Å². The normalized spacial score (nSPS) is 17.8. The van der Waals surface area contributed by atoms with E-state index in [-0.39, 0.29) is 6.61 Å². The molecule has 2 amide bonds. The first-order chi connectivity index (χ1) is 9.04. The largest absolute Gasteiger partial charge is 0.394 e. The van der Waals surface area contributed by atoms with Gasteiger partial charge in [-0.1, -0.05) is 12.1 Å². The number of amides is 2. The quantitative estimate of drug-likeness (QED) is 0.719. The molecule has 0 aliphatic carbocycles. The van der Waals surface area contributed by atoms with Crippen LogP contribution in [0.1, 0.15) is 11.6 Å². The van der Waals surface area contributed by atoms with Gasteiger partial charge in [0.1, 0.15) is 0 Å². The number of aliphatic hydroxyl groups excluding tert-OH is 1. The molecule has 1 aliphatic rings. The Morgan fingerprint density at radius 2 is 1.84 bits per heavy atom. The van der Waals surface area contributed by atoms with Crippen molar-refractivity contribution in [3.05, 3.63) is 29.8 Å². The Balaban J connectivity index is 2.18. The number of carbonyl (C=O) groups excluding carboxylic acids is 2. The summed E-state index contributed by atoms with van der Waals surface area (Å²) in [4.78, 5) is 26.4. The Hall–Kier alpha value is -1.92. The lowest BCUT2D eigenvalue weighted by Gasteiger charge is -2.31. The first-order valence-corrected chi connectivity index (χ1v) is 6.08. The standard InChI is InChI=1S/C13H17N3O3/c1-15-6-7-16(13(19)12(15)18)10-4-2-9(3-5-10)11(14)8-17/h2-5,11,17H,6-8,14H2,1H3. The van der Waals surface area contributed by atoms with Crippen molar-refractivity contribution in [2.24, 2.45) is 5.73 Å². The van der Waals surface area contributed by atoms with Gasteiger partial charge in [-0.05, 0) is 17.7 Å². The van der Waals surface area contributed by atoms with Gasteiger partial charge in [0.25, 0.3) is 0 Å². The van der Waals surface area contributed by atoms with Gasteiger partial charge in [0.15, 0.2) is 0 Å². The summed E-state index contributed by atoms with van der Waals surface area (Å²) in [5.41, 5.74) is 7.16. The molecule has 2 rings (SSSR count). The zero-order chi connectivity index (χ0) is 14.0. The van der Waals surface area contributed by atoms with Crippen molar-refractivity contribution < 1.29 is 14.7 Å². The topological polar surface area (TPSA) is 86.9 Å². The highest BCUT2D eigenvalue weighted by Gasteiger charge is 2.31. The predicted molar refractivity (Wildman–Crippen MR) is 70.4 cm³/mol. The highest BCUT2D eigenvalue weighted by molar-refractivity contribution is 6.40. The summed E-state index contributed by atoms with van der Waals surface area (Å²) in [5.74, 6) is -1.02. The van der Waals surface area contributed by atoms with E-state index >= 15 is 0 Å². The second-order valence-corrected chi connectivity index (χ2v) is 4.56. The molecular formula is C13H17N3O3. The van der Waals surface area contributed by atoms with Crippen LogP contribution in [0.2, 0.25) is 0 Å². The number of nitrogens with zero attached hydrogens (tertiary/aromatic N) is 2. The summed E-state index contributed by atoms with van der Waals surface area (Å²) in [6.07, 6.45) is 0. The van der Waals surface area contributed by atoms with E-state index in [1.165, 1.54) is 9.80 Å². The molecule has 1 atom stereocenters. The lowest BCUT2D eigenvalue weighted by atomic mass is 10.1. The number of likely N-dealkylation sites (N-methyl/N-ethyl adjacent to an activating group) is 1. The number of nitrogens with two attached hydrogens (primary N) is 1. The second kappa shape index (κ2) is 5.38. The van der Waals surface area contributed by atoms with Crippen LogP contribution in [-0.2, 0) is 9.59 Å². The lowest BCUT2D eigenvalue weighted by Crippen LogP contribution is -2.53. The van der Waals surface area contributed by atoms with Crippen LogP contribution in [0.4, 0.5) is 5.69 Å². The number of piperazine rings is 1. The molecular weight excluding hydrogens is 246 g/mol. The third-order valence-electron chi connectivity index (χ3n) is 3.26. The van der Waals surface area contributed by atoms with E-state index in [9.17, 15) is 9.59 Å². The number of hydrogen-bond donors (Lipinski definition) is 2. The first kappa shape index (κ1) is 13.5. The van der Waals surface area contributed by atoms with Gasteiger partial charge in [0.2, 0.25) is 0 Å². The molecule has 19 heavy (non-hydrogen) atoms. The number of benzene rings is 1. The fraction of sp³-hybridized carbons (Fsp3) is 0.385. The molecule has 102 valence electrons. The minimum absolute atomic E-state index is 0.134. The van der Waals surface area contributed by atoms with Crippen molar-refractivity contribution >= 4 is 17.5 Å². The molecule has 1 heterocycles. The van der Waals surface area contributed by atoms with E-state index in [2.05, 4.69) is 0 Å². The SMILES string of the molecule is CN1CCN(c2ccc(C(N)CO)cc2)C(=O)C1=O. The molecule has 0 spiro atoms. The van der Waals surface area contributed by atoms with Gasteiger partial charge in [0, 0.05) is 25.8 Å². The van der Waals surface area contributed by atoms with Gasteiger partial charge in [-0.15, -0.1) is 0 Å². The average Bonchev–Trinajstić information content (AvgIpc) is 2.44. The van der Waals surface area contributed by atoms with E-state index < -0.39 is 17.9 Å². The second-order valence-electron chi connectivity index (χ2n) is 4.56. The van der Waals surface area contributed by atoms with Gasteiger partial charge in [-0.2, -0.15) is 0 Å². The average molecular weight is 263 g/mol. The molecule has 1 aromatic rings. The maximum Gasteiger partial charge on any atom is 0.316 e. The highest BCUT2D eigenvalue weighted by Crippen LogP contribution is 2.20. The van der Waals surface area contributed by atoms with Crippen LogP contribution in [0, 0.1) is 0 Å². The van der Waals surface area contributed by atoms with Gasteiger partial charge < -0.3 is 20.6 Å². The predicted octanol–water partition coefficient (Wildman–Crippen LogP) is -0.516. The Morgan fingerprint density at radius 1 is 1.21 bits per heavy atom. The number of hydrogen-bond acceptors (Lipinski definition) is 4. The monoisotopic (exact) mass is 263 g/mol. The Bertz CT molecular complexity index is 486. The molecule has 1 saturated heterocycles. The van der Waals surface area contributed by atoms with E-state index in [1.54, 1.807) is 31.3 Å². The molecule has 0 saturated carbocycles. The summed E-state index contributed by atoms with van der Waals surface area (Å²) in [5, 5.41) is 8.97. The zero-order valence-electron chi connectivity index (χ0n) is 10.7.